The summed E-state index contributed by atoms with van der Waals surface area (Å²) in [6.45, 7) is 1.29. The SMILES string of the molecule is CNc1cc(-c2cccnc2Oc2ccc(F)c(C(=O)Nc3cc(C(F)(F)F)ccc3N3CCCCC3)c2)ccn1. The van der Waals surface area contributed by atoms with E-state index in [0.29, 0.717) is 30.2 Å². The highest BCUT2D eigenvalue weighted by Crippen LogP contribution is 2.37. The summed E-state index contributed by atoms with van der Waals surface area (Å²) in [4.78, 5) is 23.7. The van der Waals surface area contributed by atoms with Crippen LogP contribution in [0.2, 0.25) is 0 Å². The topological polar surface area (TPSA) is 79.4 Å². The molecule has 1 aliphatic heterocycles. The third kappa shape index (κ3) is 6.40. The first kappa shape index (κ1) is 27.9. The van der Waals surface area contributed by atoms with Gasteiger partial charge in [0, 0.05) is 38.1 Å². The van der Waals surface area contributed by atoms with Crippen LogP contribution in [-0.2, 0) is 6.18 Å². The molecular formula is C30H27F4N5O2. The maximum Gasteiger partial charge on any atom is 0.416 e. The Bertz CT molecular complexity index is 1550. The summed E-state index contributed by atoms with van der Waals surface area (Å²) < 4.78 is 61.4. The number of piperidine rings is 1. The van der Waals surface area contributed by atoms with Gasteiger partial charge in [0.05, 0.1) is 22.5 Å². The maximum absolute atomic E-state index is 14.9. The summed E-state index contributed by atoms with van der Waals surface area (Å²) in [6.07, 6.45) is 1.34. The Hall–Kier alpha value is -4.67. The van der Waals surface area contributed by atoms with Crippen molar-refractivity contribution in [3.05, 3.63) is 90.0 Å². The molecule has 4 aromatic rings. The van der Waals surface area contributed by atoms with E-state index in [-0.39, 0.29) is 22.9 Å². The molecule has 2 aromatic carbocycles. The predicted molar refractivity (Wildman–Crippen MR) is 149 cm³/mol. The van der Waals surface area contributed by atoms with Crippen molar-refractivity contribution in [2.75, 3.05) is 35.7 Å². The molecule has 0 saturated carbocycles. The molecule has 7 nitrogen and oxygen atoms in total. The lowest BCUT2D eigenvalue weighted by molar-refractivity contribution is -0.137. The van der Waals surface area contributed by atoms with Crippen LogP contribution >= 0.6 is 0 Å². The summed E-state index contributed by atoms with van der Waals surface area (Å²) in [6, 6.07) is 13.9. The highest BCUT2D eigenvalue weighted by Gasteiger charge is 2.32. The quantitative estimate of drug-likeness (QED) is 0.228. The van der Waals surface area contributed by atoms with E-state index in [2.05, 4.69) is 20.6 Å². The minimum atomic E-state index is -4.61. The lowest BCUT2D eigenvalue weighted by Gasteiger charge is -2.31. The molecule has 2 N–H and O–H groups in total. The van der Waals surface area contributed by atoms with Crippen LogP contribution in [0.3, 0.4) is 0 Å². The zero-order valence-electron chi connectivity index (χ0n) is 22.1. The number of halogens is 4. The molecule has 41 heavy (non-hydrogen) atoms. The van der Waals surface area contributed by atoms with Gasteiger partial charge in [-0.25, -0.2) is 14.4 Å². The molecule has 0 aliphatic carbocycles. The molecule has 1 saturated heterocycles. The zero-order chi connectivity index (χ0) is 29.0. The molecule has 0 bridgehead atoms. The first-order valence-corrected chi connectivity index (χ1v) is 13.1. The molecular weight excluding hydrogens is 538 g/mol. The minimum Gasteiger partial charge on any atom is -0.438 e. The third-order valence-electron chi connectivity index (χ3n) is 6.76. The number of benzene rings is 2. The Labute approximate surface area is 234 Å². The molecule has 0 atom stereocenters. The van der Waals surface area contributed by atoms with E-state index >= 15 is 0 Å². The van der Waals surface area contributed by atoms with Crippen molar-refractivity contribution in [2.24, 2.45) is 0 Å². The van der Waals surface area contributed by atoms with Crippen molar-refractivity contribution in [2.45, 2.75) is 25.4 Å². The van der Waals surface area contributed by atoms with Crippen molar-refractivity contribution in [1.82, 2.24) is 9.97 Å². The first-order valence-electron chi connectivity index (χ1n) is 13.1. The van der Waals surface area contributed by atoms with E-state index in [1.165, 1.54) is 24.4 Å². The largest absolute Gasteiger partial charge is 0.438 e. The Morgan fingerprint density at radius 2 is 1.76 bits per heavy atom. The summed E-state index contributed by atoms with van der Waals surface area (Å²) in [5, 5.41) is 5.48. The van der Waals surface area contributed by atoms with Crippen LogP contribution in [0.25, 0.3) is 11.1 Å². The molecule has 1 fully saturated rings. The maximum atomic E-state index is 14.9. The Morgan fingerprint density at radius 3 is 2.51 bits per heavy atom. The van der Waals surface area contributed by atoms with Crippen molar-refractivity contribution in [3.63, 3.8) is 0 Å². The number of nitrogens with zero attached hydrogens (tertiary/aromatic N) is 3. The number of amides is 1. The summed E-state index contributed by atoms with van der Waals surface area (Å²) in [5.74, 6) is -0.782. The van der Waals surface area contributed by atoms with Crippen LogP contribution in [0.1, 0.15) is 35.2 Å². The molecule has 2 aromatic heterocycles. The van der Waals surface area contributed by atoms with Gasteiger partial charge in [0.2, 0.25) is 5.88 Å². The molecule has 0 unspecified atom stereocenters. The number of alkyl halides is 3. The standard InChI is InChI=1S/C30H27F4N5O2/c1-35-27-16-19(11-13-36-27)22-6-5-12-37-29(22)41-21-8-9-24(31)23(18-21)28(40)38-25-17-20(30(32,33)34)7-10-26(25)39-14-3-2-4-15-39/h5-13,16-18H,2-4,14-15H2,1H3,(H,35,36)(H,38,40). The van der Waals surface area contributed by atoms with Gasteiger partial charge in [0.1, 0.15) is 17.4 Å². The van der Waals surface area contributed by atoms with Gasteiger partial charge in [-0.3, -0.25) is 4.79 Å². The van der Waals surface area contributed by atoms with Crippen LogP contribution in [0, 0.1) is 5.82 Å². The van der Waals surface area contributed by atoms with Crippen molar-refractivity contribution in [1.29, 1.82) is 0 Å². The Balaban J connectivity index is 1.44. The van der Waals surface area contributed by atoms with E-state index in [0.717, 1.165) is 43.0 Å². The van der Waals surface area contributed by atoms with E-state index in [1.54, 1.807) is 31.4 Å². The average Bonchev–Trinajstić information content (AvgIpc) is 2.98. The van der Waals surface area contributed by atoms with E-state index < -0.39 is 23.5 Å². The molecule has 0 radical (unpaired) electrons. The van der Waals surface area contributed by atoms with Gasteiger partial charge in [-0.15, -0.1) is 0 Å². The van der Waals surface area contributed by atoms with E-state index in [4.69, 9.17) is 4.74 Å². The van der Waals surface area contributed by atoms with Crippen molar-refractivity contribution < 1.29 is 27.1 Å². The summed E-state index contributed by atoms with van der Waals surface area (Å²) in [5.41, 5.74) is 0.520. The number of pyridine rings is 2. The van der Waals surface area contributed by atoms with Gasteiger partial charge in [0.25, 0.3) is 5.91 Å². The fraction of sp³-hybridized carbons (Fsp3) is 0.233. The lowest BCUT2D eigenvalue weighted by Crippen LogP contribution is -2.30. The smallest absolute Gasteiger partial charge is 0.416 e. The van der Waals surface area contributed by atoms with E-state index in [9.17, 15) is 22.4 Å². The minimum absolute atomic E-state index is 0.0394. The number of hydrogen-bond acceptors (Lipinski definition) is 6. The molecule has 1 aliphatic rings. The zero-order valence-corrected chi connectivity index (χ0v) is 22.1. The van der Waals surface area contributed by atoms with Gasteiger partial charge in [-0.2, -0.15) is 13.2 Å². The molecule has 11 heteroatoms. The van der Waals surface area contributed by atoms with Crippen LogP contribution in [-0.4, -0.2) is 36.0 Å². The fourth-order valence-corrected chi connectivity index (χ4v) is 4.69. The first-order chi connectivity index (χ1) is 19.7. The average molecular weight is 566 g/mol. The number of hydrogen-bond donors (Lipinski definition) is 2. The molecule has 0 spiro atoms. The predicted octanol–water partition coefficient (Wildman–Crippen LogP) is 7.38. The van der Waals surface area contributed by atoms with Crippen molar-refractivity contribution in [3.8, 4) is 22.8 Å². The molecule has 5 rings (SSSR count). The number of anilines is 3. The second-order valence-electron chi connectivity index (χ2n) is 9.51. The lowest BCUT2D eigenvalue weighted by atomic mass is 10.1. The molecule has 3 heterocycles. The fourth-order valence-electron chi connectivity index (χ4n) is 4.69. The van der Waals surface area contributed by atoms with Gasteiger partial charge in [-0.1, -0.05) is 0 Å². The second kappa shape index (κ2) is 11.8. The Morgan fingerprint density at radius 1 is 0.951 bits per heavy atom. The second-order valence-corrected chi connectivity index (χ2v) is 9.51. The van der Waals surface area contributed by atoms with Crippen LogP contribution in [0.4, 0.5) is 34.8 Å². The van der Waals surface area contributed by atoms with E-state index in [1.807, 2.05) is 11.0 Å². The normalized spacial score (nSPS) is 13.5. The Kier molecular flexibility index (Phi) is 8.04. The van der Waals surface area contributed by atoms with Crippen molar-refractivity contribution >= 4 is 23.1 Å². The number of carbonyl (C=O) groups excluding carboxylic acids is 1. The van der Waals surface area contributed by atoms with Crippen LogP contribution < -0.4 is 20.3 Å². The number of rotatable bonds is 7. The highest BCUT2D eigenvalue weighted by atomic mass is 19.4. The number of aromatic nitrogens is 2. The number of ether oxygens (including phenoxy) is 1. The van der Waals surface area contributed by atoms with Gasteiger partial charge in [0.15, 0.2) is 0 Å². The van der Waals surface area contributed by atoms with Crippen LogP contribution in [0.5, 0.6) is 11.6 Å². The number of nitrogens with one attached hydrogen (secondary N) is 2. The van der Waals surface area contributed by atoms with Gasteiger partial charge >= 0.3 is 6.18 Å². The third-order valence-corrected chi connectivity index (χ3v) is 6.76. The summed E-state index contributed by atoms with van der Waals surface area (Å²) >= 11 is 0. The highest BCUT2D eigenvalue weighted by molar-refractivity contribution is 6.06. The summed E-state index contributed by atoms with van der Waals surface area (Å²) in [7, 11) is 1.74. The molecule has 1 amide bonds. The monoisotopic (exact) mass is 565 g/mol. The number of carbonyl (C=O) groups is 1. The molecule has 212 valence electrons. The van der Waals surface area contributed by atoms with Gasteiger partial charge in [-0.05, 0) is 85.5 Å². The van der Waals surface area contributed by atoms with Gasteiger partial charge < -0.3 is 20.3 Å². The van der Waals surface area contributed by atoms with Crippen LogP contribution in [0.15, 0.2) is 73.1 Å².